The van der Waals surface area contributed by atoms with Gasteiger partial charge in [0.15, 0.2) is 0 Å². The monoisotopic (exact) mass is 124 g/mol. The Morgan fingerprint density at radius 3 is 1.75 bits per heavy atom. The molecule has 0 aromatic carbocycles. The standard InChI is InChI=1S/C3H2F2O3/c4-1-2(5)8-3(6)7-1/h1-2H. The van der Waals surface area contributed by atoms with Gasteiger partial charge in [0.05, 0.1) is 0 Å². The van der Waals surface area contributed by atoms with Crippen LogP contribution in [0.15, 0.2) is 0 Å². The molecule has 1 aliphatic heterocycles. The zero-order valence-corrected chi connectivity index (χ0v) is 3.64. The lowest BCUT2D eigenvalue weighted by atomic mass is 10.7. The number of hydrogen-bond acceptors (Lipinski definition) is 3. The van der Waals surface area contributed by atoms with Gasteiger partial charge in [-0.15, -0.1) is 0 Å². The van der Waals surface area contributed by atoms with Crippen molar-refractivity contribution in [3.05, 3.63) is 0 Å². The first-order valence-corrected chi connectivity index (χ1v) is 1.85. The van der Waals surface area contributed by atoms with Crippen molar-refractivity contribution < 1.29 is 23.0 Å². The van der Waals surface area contributed by atoms with Crippen molar-refractivity contribution in [2.75, 3.05) is 0 Å². The van der Waals surface area contributed by atoms with Gasteiger partial charge in [-0.1, -0.05) is 0 Å². The van der Waals surface area contributed by atoms with Crippen LogP contribution >= 0.6 is 0 Å². The third kappa shape index (κ3) is 0.706. The molecule has 0 spiro atoms. The maximum atomic E-state index is 11.6. The van der Waals surface area contributed by atoms with E-state index in [0.29, 0.717) is 0 Å². The van der Waals surface area contributed by atoms with Crippen LogP contribution in [0.5, 0.6) is 0 Å². The fourth-order valence-electron chi connectivity index (χ4n) is 0.319. The van der Waals surface area contributed by atoms with Crippen molar-refractivity contribution in [1.82, 2.24) is 0 Å². The van der Waals surface area contributed by atoms with E-state index in [1.807, 2.05) is 0 Å². The molecule has 0 aromatic heterocycles. The van der Waals surface area contributed by atoms with E-state index in [0.717, 1.165) is 0 Å². The Morgan fingerprint density at radius 2 is 1.62 bits per heavy atom. The van der Waals surface area contributed by atoms with E-state index in [4.69, 9.17) is 0 Å². The fraction of sp³-hybridized carbons (Fsp3) is 0.667. The highest BCUT2D eigenvalue weighted by Gasteiger charge is 2.36. The molecule has 0 aliphatic carbocycles. The second kappa shape index (κ2) is 1.57. The van der Waals surface area contributed by atoms with Crippen molar-refractivity contribution in [2.45, 2.75) is 12.7 Å². The molecule has 46 valence electrons. The number of cyclic esters (lactones) is 2. The summed E-state index contributed by atoms with van der Waals surface area (Å²) in [6, 6.07) is 0. The maximum absolute atomic E-state index is 11.6. The topological polar surface area (TPSA) is 35.5 Å². The zero-order chi connectivity index (χ0) is 6.15. The first-order chi connectivity index (χ1) is 3.70. The summed E-state index contributed by atoms with van der Waals surface area (Å²) >= 11 is 0. The Kier molecular flexibility index (Phi) is 1.04. The Labute approximate surface area is 43.2 Å². The Balaban J connectivity index is 2.51. The van der Waals surface area contributed by atoms with Gasteiger partial charge in [0.2, 0.25) is 0 Å². The molecule has 2 unspecified atom stereocenters. The van der Waals surface area contributed by atoms with Crippen LogP contribution in [-0.2, 0) is 9.47 Å². The Bertz CT molecular complexity index is 103. The van der Waals surface area contributed by atoms with Crippen LogP contribution in [0.4, 0.5) is 13.6 Å². The number of halogens is 2. The molecule has 1 fully saturated rings. The zero-order valence-electron chi connectivity index (χ0n) is 3.64. The summed E-state index contributed by atoms with van der Waals surface area (Å²) < 4.78 is 30.4. The largest absolute Gasteiger partial charge is 0.513 e. The number of ether oxygens (including phenoxy) is 2. The minimum absolute atomic E-state index is 1.30. The Hall–Kier alpha value is -0.870. The molecule has 3 nitrogen and oxygen atoms in total. The molecule has 0 N–H and O–H groups in total. The summed E-state index contributed by atoms with van der Waals surface area (Å²) in [6.07, 6.45) is -5.80. The molecule has 5 heteroatoms. The summed E-state index contributed by atoms with van der Waals surface area (Å²) in [7, 11) is 0. The first kappa shape index (κ1) is 5.27. The second-order valence-corrected chi connectivity index (χ2v) is 1.19. The first-order valence-electron chi connectivity index (χ1n) is 1.85. The molecule has 1 heterocycles. The molecular weight excluding hydrogens is 122 g/mol. The minimum atomic E-state index is -2.25. The van der Waals surface area contributed by atoms with Gasteiger partial charge < -0.3 is 9.47 Å². The lowest BCUT2D eigenvalue weighted by Crippen LogP contribution is -2.09. The molecule has 0 aromatic rings. The molecule has 2 atom stereocenters. The van der Waals surface area contributed by atoms with Crippen LogP contribution < -0.4 is 0 Å². The average molecular weight is 124 g/mol. The van der Waals surface area contributed by atoms with Crippen molar-refractivity contribution in [3.63, 3.8) is 0 Å². The molecule has 8 heavy (non-hydrogen) atoms. The van der Waals surface area contributed by atoms with Crippen LogP contribution in [0.25, 0.3) is 0 Å². The van der Waals surface area contributed by atoms with Crippen LogP contribution in [0.3, 0.4) is 0 Å². The van der Waals surface area contributed by atoms with E-state index in [-0.39, 0.29) is 0 Å². The van der Waals surface area contributed by atoms with Gasteiger partial charge in [0.25, 0.3) is 0 Å². The van der Waals surface area contributed by atoms with Gasteiger partial charge in [-0.25, -0.2) is 4.79 Å². The number of alkyl halides is 2. The second-order valence-electron chi connectivity index (χ2n) is 1.19. The summed E-state index contributed by atoms with van der Waals surface area (Å²) in [5, 5.41) is 0. The van der Waals surface area contributed by atoms with Gasteiger partial charge in [-0.2, -0.15) is 8.78 Å². The molecule has 1 rings (SSSR count). The lowest BCUT2D eigenvalue weighted by molar-refractivity contribution is -0.0349. The summed E-state index contributed by atoms with van der Waals surface area (Å²) in [6.45, 7) is 0. The van der Waals surface area contributed by atoms with E-state index in [1.54, 1.807) is 0 Å². The summed E-state index contributed by atoms with van der Waals surface area (Å²) in [5.41, 5.74) is 0. The quantitative estimate of drug-likeness (QED) is 0.447. The lowest BCUT2D eigenvalue weighted by Gasteiger charge is -1.92. The van der Waals surface area contributed by atoms with Gasteiger partial charge in [-0.05, 0) is 0 Å². The molecule has 0 amide bonds. The molecule has 0 radical (unpaired) electrons. The van der Waals surface area contributed by atoms with Crippen LogP contribution in [-0.4, -0.2) is 18.9 Å². The molecule has 1 saturated heterocycles. The maximum Gasteiger partial charge on any atom is 0.513 e. The van der Waals surface area contributed by atoms with Gasteiger partial charge >= 0.3 is 18.9 Å². The van der Waals surface area contributed by atoms with Gasteiger partial charge in [0, 0.05) is 0 Å². The van der Waals surface area contributed by atoms with Crippen LogP contribution in [0, 0.1) is 0 Å². The third-order valence-electron chi connectivity index (χ3n) is 0.624. The smallest absolute Gasteiger partial charge is 0.392 e. The average Bonchev–Trinajstić information content (AvgIpc) is 1.85. The van der Waals surface area contributed by atoms with Gasteiger partial charge in [0.1, 0.15) is 0 Å². The molecule has 1 aliphatic rings. The van der Waals surface area contributed by atoms with Crippen LogP contribution in [0.2, 0.25) is 0 Å². The van der Waals surface area contributed by atoms with E-state index in [1.165, 1.54) is 0 Å². The number of hydrogen-bond donors (Lipinski definition) is 0. The Morgan fingerprint density at radius 1 is 1.25 bits per heavy atom. The number of carbonyl (C=O) groups is 1. The fourth-order valence-corrected chi connectivity index (χ4v) is 0.319. The SMILES string of the molecule is O=C1OC(F)C(F)O1. The highest BCUT2D eigenvalue weighted by molar-refractivity contribution is 5.61. The van der Waals surface area contributed by atoms with E-state index in [9.17, 15) is 13.6 Å². The predicted molar refractivity (Wildman–Crippen MR) is 17.4 cm³/mol. The van der Waals surface area contributed by atoms with E-state index >= 15 is 0 Å². The highest BCUT2D eigenvalue weighted by Crippen LogP contribution is 2.16. The minimum Gasteiger partial charge on any atom is -0.392 e. The third-order valence-corrected chi connectivity index (χ3v) is 0.624. The predicted octanol–water partition coefficient (Wildman–Crippen LogP) is 0.744. The molecule has 0 bridgehead atoms. The molecule has 0 saturated carbocycles. The van der Waals surface area contributed by atoms with Crippen molar-refractivity contribution in [3.8, 4) is 0 Å². The van der Waals surface area contributed by atoms with E-state index in [2.05, 4.69) is 9.47 Å². The summed E-state index contributed by atoms with van der Waals surface area (Å²) in [4.78, 5) is 9.74. The number of rotatable bonds is 0. The molecular formula is C3H2F2O3. The van der Waals surface area contributed by atoms with Crippen LogP contribution in [0.1, 0.15) is 0 Å². The van der Waals surface area contributed by atoms with Crippen molar-refractivity contribution >= 4 is 6.16 Å². The van der Waals surface area contributed by atoms with E-state index < -0.39 is 18.9 Å². The summed E-state index contributed by atoms with van der Waals surface area (Å²) in [5.74, 6) is 0. The normalized spacial score (nSPS) is 36.5. The van der Waals surface area contributed by atoms with Gasteiger partial charge in [-0.3, -0.25) is 0 Å². The highest BCUT2D eigenvalue weighted by atomic mass is 19.2. The van der Waals surface area contributed by atoms with Crippen molar-refractivity contribution in [2.24, 2.45) is 0 Å². The number of carbonyl (C=O) groups excluding carboxylic acids is 1. The van der Waals surface area contributed by atoms with Crippen molar-refractivity contribution in [1.29, 1.82) is 0 Å².